The molecule has 1 amide bonds. The van der Waals surface area contributed by atoms with Gasteiger partial charge in [0, 0.05) is 24.5 Å². The minimum Gasteiger partial charge on any atom is -0.486 e. The van der Waals surface area contributed by atoms with Gasteiger partial charge in [-0.15, -0.1) is 0 Å². The second-order valence-corrected chi connectivity index (χ2v) is 9.56. The summed E-state index contributed by atoms with van der Waals surface area (Å²) in [5, 5.41) is 25.1. The van der Waals surface area contributed by atoms with Gasteiger partial charge in [-0.2, -0.15) is 10.4 Å². The normalized spacial score (nSPS) is 17.4. The van der Waals surface area contributed by atoms with Gasteiger partial charge >= 0.3 is 0 Å². The van der Waals surface area contributed by atoms with Crippen LogP contribution >= 0.6 is 0 Å². The minimum absolute atomic E-state index is 0.00915. The van der Waals surface area contributed by atoms with Crippen LogP contribution in [0.1, 0.15) is 30.4 Å². The number of H-pyrrole nitrogens is 1. The van der Waals surface area contributed by atoms with E-state index in [4.69, 9.17) is 4.74 Å². The number of ether oxygens (including phenoxy) is 1. The molecule has 12 heteroatoms. The quantitative estimate of drug-likeness (QED) is 0.380. The number of alkyl halides is 2. The Morgan fingerprint density at radius 2 is 2.08 bits per heavy atom. The highest BCUT2D eigenvalue weighted by molar-refractivity contribution is 5.85. The molecule has 0 aliphatic carbocycles. The molecule has 2 aromatic carbocycles. The largest absolute Gasteiger partial charge is 0.486 e. The Labute approximate surface area is 215 Å². The van der Waals surface area contributed by atoms with E-state index in [1.807, 2.05) is 6.07 Å². The molecule has 3 heterocycles. The van der Waals surface area contributed by atoms with E-state index in [-0.39, 0.29) is 36.7 Å². The van der Waals surface area contributed by atoms with Crippen LogP contribution in [-0.4, -0.2) is 67.4 Å². The maximum atomic E-state index is 13.1. The van der Waals surface area contributed by atoms with Crippen molar-refractivity contribution in [2.24, 2.45) is 0 Å². The van der Waals surface area contributed by atoms with Crippen LogP contribution < -0.4 is 10.3 Å². The van der Waals surface area contributed by atoms with Crippen LogP contribution in [0.2, 0.25) is 0 Å². The molecule has 5 rings (SSSR count). The number of aromatic amines is 1. The van der Waals surface area contributed by atoms with Crippen LogP contribution in [0.15, 0.2) is 41.2 Å². The first-order chi connectivity index (χ1) is 18.1. The third-order valence-corrected chi connectivity index (χ3v) is 6.49. The van der Waals surface area contributed by atoms with Crippen LogP contribution in [0, 0.1) is 11.3 Å². The fourth-order valence-electron chi connectivity index (χ4n) is 4.62. The lowest BCUT2D eigenvalue weighted by atomic mass is 10.1. The molecule has 4 aromatic rings. The number of likely N-dealkylation sites (tertiary alicyclic amines) is 1. The number of nitrogens with zero attached hydrogens (tertiary/aromatic N) is 5. The van der Waals surface area contributed by atoms with Gasteiger partial charge in [0.05, 0.1) is 39.7 Å². The van der Waals surface area contributed by atoms with E-state index in [1.54, 1.807) is 31.2 Å². The number of carbonyl (C=O) groups excluding carboxylic acids is 1. The van der Waals surface area contributed by atoms with Crippen molar-refractivity contribution >= 4 is 27.7 Å². The molecule has 2 N–H and O–H groups in total. The average Bonchev–Trinajstić information content (AvgIpc) is 3.46. The number of carbonyl (C=O) groups is 1. The van der Waals surface area contributed by atoms with Crippen molar-refractivity contribution in [1.29, 1.82) is 5.26 Å². The summed E-state index contributed by atoms with van der Waals surface area (Å²) in [7, 11) is 0. The third-order valence-electron chi connectivity index (χ3n) is 6.49. The lowest BCUT2D eigenvalue weighted by Gasteiger charge is -2.19. The molecule has 1 fully saturated rings. The molecule has 1 saturated heterocycles. The number of nitriles is 1. The summed E-state index contributed by atoms with van der Waals surface area (Å²) >= 11 is 0. The first-order valence-corrected chi connectivity index (χ1v) is 12.0. The SMILES string of the molecule is CC1(O)CCN(C(=O)Cn2nc(Cc3nc4cc(OCC(F)F)c(C#N)cc4[nH]3)c3ccccc3c2=O)C1. The van der Waals surface area contributed by atoms with E-state index in [1.165, 1.54) is 17.0 Å². The van der Waals surface area contributed by atoms with Gasteiger partial charge in [-0.1, -0.05) is 18.2 Å². The summed E-state index contributed by atoms with van der Waals surface area (Å²) < 4.78 is 31.4. The van der Waals surface area contributed by atoms with Gasteiger partial charge in [0.25, 0.3) is 12.0 Å². The van der Waals surface area contributed by atoms with Gasteiger partial charge in [-0.25, -0.2) is 18.4 Å². The Kier molecular flexibility index (Phi) is 6.54. The summed E-state index contributed by atoms with van der Waals surface area (Å²) in [6.45, 7) is 1.13. The monoisotopic (exact) mass is 522 g/mol. The highest BCUT2D eigenvalue weighted by Gasteiger charge is 2.34. The maximum Gasteiger partial charge on any atom is 0.275 e. The Hall–Kier alpha value is -4.37. The molecule has 38 heavy (non-hydrogen) atoms. The zero-order valence-corrected chi connectivity index (χ0v) is 20.4. The molecular formula is C26H24F2N6O4. The Balaban J connectivity index is 1.48. The number of nitrogens with one attached hydrogen (secondary N) is 1. The van der Waals surface area contributed by atoms with Gasteiger partial charge in [0.15, 0.2) is 0 Å². The van der Waals surface area contributed by atoms with Gasteiger partial charge in [0.2, 0.25) is 5.91 Å². The number of rotatable bonds is 7. The molecule has 2 aromatic heterocycles. The number of hydrogen-bond donors (Lipinski definition) is 2. The first-order valence-electron chi connectivity index (χ1n) is 12.0. The Morgan fingerprint density at radius 3 is 2.76 bits per heavy atom. The molecule has 0 radical (unpaired) electrons. The van der Waals surface area contributed by atoms with E-state index in [0.29, 0.717) is 46.3 Å². The van der Waals surface area contributed by atoms with Gasteiger partial charge in [0.1, 0.15) is 30.8 Å². The fourth-order valence-corrected chi connectivity index (χ4v) is 4.62. The molecule has 1 atom stereocenters. The average molecular weight is 523 g/mol. The van der Waals surface area contributed by atoms with E-state index < -0.39 is 24.2 Å². The molecule has 1 aliphatic rings. The number of aliphatic hydroxyl groups is 1. The molecule has 0 bridgehead atoms. The van der Waals surface area contributed by atoms with E-state index >= 15 is 0 Å². The fraction of sp³-hybridized carbons (Fsp3) is 0.346. The van der Waals surface area contributed by atoms with Crippen molar-refractivity contribution in [3.05, 3.63) is 63.8 Å². The minimum atomic E-state index is -2.69. The number of imidazole rings is 1. The van der Waals surface area contributed by atoms with Crippen molar-refractivity contribution in [1.82, 2.24) is 24.6 Å². The van der Waals surface area contributed by atoms with E-state index in [0.717, 1.165) is 4.68 Å². The van der Waals surface area contributed by atoms with Gasteiger partial charge in [-0.05, 0) is 25.5 Å². The molecule has 196 valence electrons. The lowest BCUT2D eigenvalue weighted by molar-refractivity contribution is -0.131. The van der Waals surface area contributed by atoms with Crippen molar-refractivity contribution in [2.45, 2.75) is 38.3 Å². The lowest BCUT2D eigenvalue weighted by Crippen LogP contribution is -2.38. The van der Waals surface area contributed by atoms with E-state index in [9.17, 15) is 28.7 Å². The Morgan fingerprint density at radius 1 is 1.32 bits per heavy atom. The molecule has 0 saturated carbocycles. The molecular weight excluding hydrogens is 498 g/mol. The summed E-state index contributed by atoms with van der Waals surface area (Å²) in [4.78, 5) is 35.1. The zero-order chi connectivity index (χ0) is 27.0. The molecule has 1 unspecified atom stereocenters. The third kappa shape index (κ3) is 5.05. The first kappa shape index (κ1) is 25.3. The van der Waals surface area contributed by atoms with Gasteiger partial charge < -0.3 is 19.7 Å². The number of β-amino-alcohol motifs (C(OH)–C–C–N with tert-alkyl or cyclic N) is 1. The standard InChI is InChI=1S/C26H24F2N6O4/c1-26(37)6-7-33(14-26)24(35)12-34-25(36)17-5-3-2-4-16(17)18(32-34)10-23-30-19-8-15(11-29)21(9-20(19)31-23)38-13-22(27)28/h2-5,8-9,22,37H,6-7,10,12-14H2,1H3,(H,30,31). The second-order valence-electron chi connectivity index (χ2n) is 9.56. The molecule has 0 spiro atoms. The number of benzene rings is 2. The number of fused-ring (bicyclic) bond motifs is 2. The molecule has 10 nitrogen and oxygen atoms in total. The number of amides is 1. The topological polar surface area (TPSA) is 137 Å². The number of hydrogen-bond acceptors (Lipinski definition) is 7. The summed E-state index contributed by atoms with van der Waals surface area (Å²) in [6.07, 6.45) is -2.07. The smallest absolute Gasteiger partial charge is 0.275 e. The number of aromatic nitrogens is 4. The predicted octanol–water partition coefficient (Wildman–Crippen LogP) is 2.36. The summed E-state index contributed by atoms with van der Waals surface area (Å²) in [5.41, 5.74) is 0.138. The van der Waals surface area contributed by atoms with Crippen molar-refractivity contribution in [3.63, 3.8) is 0 Å². The summed E-state index contributed by atoms with van der Waals surface area (Å²) in [5.74, 6) is 0.150. The van der Waals surface area contributed by atoms with E-state index in [2.05, 4.69) is 15.1 Å². The van der Waals surface area contributed by atoms with Crippen molar-refractivity contribution in [2.75, 3.05) is 19.7 Å². The van der Waals surface area contributed by atoms with Crippen LogP contribution in [0.25, 0.3) is 21.8 Å². The maximum absolute atomic E-state index is 13.1. The van der Waals surface area contributed by atoms with Crippen LogP contribution in [0.3, 0.4) is 0 Å². The highest BCUT2D eigenvalue weighted by Crippen LogP contribution is 2.26. The zero-order valence-electron chi connectivity index (χ0n) is 20.4. The highest BCUT2D eigenvalue weighted by atomic mass is 19.3. The van der Waals surface area contributed by atoms with Gasteiger partial charge in [-0.3, -0.25) is 9.59 Å². The Bertz CT molecular complexity index is 1640. The number of halogens is 2. The predicted molar refractivity (Wildman–Crippen MR) is 133 cm³/mol. The molecule has 1 aliphatic heterocycles. The van der Waals surface area contributed by atoms with Crippen LogP contribution in [0.4, 0.5) is 8.78 Å². The second kappa shape index (κ2) is 9.83. The van der Waals surface area contributed by atoms with Crippen molar-refractivity contribution < 1.29 is 23.4 Å². The van der Waals surface area contributed by atoms with Crippen LogP contribution in [0.5, 0.6) is 5.75 Å². The van der Waals surface area contributed by atoms with Crippen molar-refractivity contribution in [3.8, 4) is 11.8 Å². The summed E-state index contributed by atoms with van der Waals surface area (Å²) in [6, 6.07) is 11.8. The van der Waals surface area contributed by atoms with Crippen LogP contribution in [-0.2, 0) is 17.8 Å².